The van der Waals surface area contributed by atoms with Gasteiger partial charge in [-0.3, -0.25) is 5.41 Å². The molecule has 0 aromatic heterocycles. The van der Waals surface area contributed by atoms with Gasteiger partial charge in [0.15, 0.2) is 0 Å². The zero-order valence-electron chi connectivity index (χ0n) is 5.82. The second-order valence-electron chi connectivity index (χ2n) is 2.19. The Bertz CT molecular complexity index is 79.0. The molecule has 0 rings (SSSR count). The van der Waals surface area contributed by atoms with Gasteiger partial charge in [-0.1, -0.05) is 26.2 Å². The number of hydrogen-bond donors (Lipinski definition) is 2. The van der Waals surface area contributed by atoms with Crippen LogP contribution in [-0.4, -0.2) is 5.84 Å². The molecular weight excluding hydrogens is 112 g/mol. The lowest BCUT2D eigenvalue weighted by Crippen LogP contribution is -2.08. The molecule has 2 heteroatoms. The summed E-state index contributed by atoms with van der Waals surface area (Å²) in [5, 5.41) is 6.89. The van der Waals surface area contributed by atoms with Crippen molar-refractivity contribution in [3.8, 4) is 0 Å². The lowest BCUT2D eigenvalue weighted by atomic mass is 10.1. The molecule has 0 aliphatic carbocycles. The molecule has 0 amide bonds. The molecule has 0 saturated carbocycles. The third kappa shape index (κ3) is 7.47. The average molecular weight is 127 g/mol. The van der Waals surface area contributed by atoms with Crippen LogP contribution < -0.4 is 5.73 Å². The van der Waals surface area contributed by atoms with Crippen LogP contribution in [0.25, 0.3) is 0 Å². The van der Waals surface area contributed by atoms with Gasteiger partial charge < -0.3 is 5.73 Å². The van der Waals surface area contributed by atoms with Crippen LogP contribution in [0.15, 0.2) is 0 Å². The Morgan fingerprint density at radius 3 is 2.44 bits per heavy atom. The fourth-order valence-corrected chi connectivity index (χ4v) is 0.669. The summed E-state index contributed by atoms with van der Waals surface area (Å²) < 4.78 is 0. The first-order valence-electron chi connectivity index (χ1n) is 3.39. The van der Waals surface area contributed by atoms with Gasteiger partial charge in [0.05, 0.1) is 5.84 Å². The van der Waals surface area contributed by atoms with Crippen molar-refractivity contribution in [1.29, 1.82) is 5.41 Å². The summed E-state index contributed by atoms with van der Waals surface area (Å²) in [6.07, 6.45) is 5.11. The van der Waals surface area contributed by atoms with Gasteiger partial charge in [-0.15, -0.1) is 0 Å². The third-order valence-corrected chi connectivity index (χ3v) is 1.20. The first kappa shape index (κ1) is 8.47. The number of hydrogen-bond acceptors (Lipinski definition) is 1. The van der Waals surface area contributed by atoms with E-state index in [4.69, 9.17) is 11.1 Å². The van der Waals surface area contributed by atoms with Crippen LogP contribution in [0.5, 0.6) is 0 Å². The quantitative estimate of drug-likeness (QED) is 0.329. The van der Waals surface area contributed by atoms with Gasteiger partial charge in [-0.05, 0) is 6.42 Å². The maximum Gasteiger partial charge on any atom is 0.0905 e. The third-order valence-electron chi connectivity index (χ3n) is 1.20. The van der Waals surface area contributed by atoms with Crippen molar-refractivity contribution in [3.63, 3.8) is 0 Å². The molecule has 0 aromatic carbocycles. The van der Waals surface area contributed by atoms with Crippen LogP contribution in [0.3, 0.4) is 0 Å². The van der Waals surface area contributed by atoms with Crippen molar-refractivity contribution in [2.45, 2.75) is 32.1 Å². The van der Waals surface area contributed by atoms with Crippen molar-refractivity contribution >= 4 is 5.84 Å². The van der Waals surface area contributed by atoms with Crippen LogP contribution in [0, 0.1) is 12.3 Å². The number of unbranched alkanes of at least 4 members (excludes halogenated alkanes) is 3. The van der Waals surface area contributed by atoms with Crippen molar-refractivity contribution in [1.82, 2.24) is 0 Å². The Labute approximate surface area is 57.0 Å². The Kier molecular flexibility index (Phi) is 5.27. The predicted octanol–water partition coefficient (Wildman–Crippen LogP) is 1.71. The minimum absolute atomic E-state index is 0.305. The number of nitrogens with one attached hydrogen (secondary N) is 1. The summed E-state index contributed by atoms with van der Waals surface area (Å²) in [6.45, 7) is 3.72. The van der Waals surface area contributed by atoms with Gasteiger partial charge in [0.25, 0.3) is 0 Å². The Balaban J connectivity index is 2.83. The van der Waals surface area contributed by atoms with Crippen molar-refractivity contribution < 1.29 is 0 Å². The highest BCUT2D eigenvalue weighted by molar-refractivity contribution is 5.76. The highest BCUT2D eigenvalue weighted by Crippen LogP contribution is 2.00. The molecule has 2 nitrogen and oxygen atoms in total. The van der Waals surface area contributed by atoms with Crippen molar-refractivity contribution in [2.24, 2.45) is 5.73 Å². The predicted molar refractivity (Wildman–Crippen MR) is 40.4 cm³/mol. The van der Waals surface area contributed by atoms with E-state index in [2.05, 4.69) is 6.92 Å². The molecule has 0 aliphatic rings. The van der Waals surface area contributed by atoms with Crippen molar-refractivity contribution in [2.75, 3.05) is 0 Å². The maximum absolute atomic E-state index is 6.89. The van der Waals surface area contributed by atoms with Crippen LogP contribution >= 0.6 is 0 Å². The van der Waals surface area contributed by atoms with Crippen molar-refractivity contribution in [3.05, 3.63) is 6.92 Å². The summed E-state index contributed by atoms with van der Waals surface area (Å²) >= 11 is 0. The molecule has 53 valence electrons. The van der Waals surface area contributed by atoms with E-state index in [9.17, 15) is 0 Å². The Hall–Kier alpha value is -0.530. The van der Waals surface area contributed by atoms with E-state index in [0.29, 0.717) is 5.84 Å². The number of nitrogens with two attached hydrogens (primary N) is 1. The van der Waals surface area contributed by atoms with Gasteiger partial charge in [0, 0.05) is 6.42 Å². The van der Waals surface area contributed by atoms with Gasteiger partial charge in [-0.2, -0.15) is 0 Å². The zero-order valence-corrected chi connectivity index (χ0v) is 5.82. The highest BCUT2D eigenvalue weighted by Gasteiger charge is 1.88. The minimum Gasteiger partial charge on any atom is -0.388 e. The molecule has 0 aliphatic heterocycles. The van der Waals surface area contributed by atoms with E-state index in [1.807, 2.05) is 0 Å². The normalized spacial score (nSPS) is 9.44. The molecule has 0 fully saturated rings. The molecule has 1 radical (unpaired) electrons. The van der Waals surface area contributed by atoms with E-state index >= 15 is 0 Å². The molecule has 3 N–H and O–H groups in total. The summed E-state index contributed by atoms with van der Waals surface area (Å²) in [5.74, 6) is 0.305. The second-order valence-corrected chi connectivity index (χ2v) is 2.19. The maximum atomic E-state index is 6.89. The molecule has 0 heterocycles. The Morgan fingerprint density at radius 1 is 1.33 bits per heavy atom. The topological polar surface area (TPSA) is 49.9 Å². The minimum atomic E-state index is 0.305. The fourth-order valence-electron chi connectivity index (χ4n) is 0.669. The zero-order chi connectivity index (χ0) is 7.11. The molecule has 0 atom stereocenters. The molecule has 9 heavy (non-hydrogen) atoms. The summed E-state index contributed by atoms with van der Waals surface area (Å²) in [5.41, 5.74) is 5.14. The van der Waals surface area contributed by atoms with Crippen LogP contribution in [0.4, 0.5) is 0 Å². The lowest BCUT2D eigenvalue weighted by Gasteiger charge is -1.95. The number of rotatable bonds is 5. The highest BCUT2D eigenvalue weighted by atomic mass is 14.7. The van der Waals surface area contributed by atoms with Gasteiger partial charge in [-0.25, -0.2) is 0 Å². The van der Waals surface area contributed by atoms with E-state index in [1.54, 1.807) is 0 Å². The molecule has 0 aromatic rings. The van der Waals surface area contributed by atoms with E-state index in [0.717, 1.165) is 32.1 Å². The fraction of sp³-hybridized carbons (Fsp3) is 0.714. The van der Waals surface area contributed by atoms with Gasteiger partial charge in [0.1, 0.15) is 0 Å². The molecule has 0 bridgehead atoms. The van der Waals surface area contributed by atoms with E-state index < -0.39 is 0 Å². The summed E-state index contributed by atoms with van der Waals surface area (Å²) in [6, 6.07) is 0. The standard InChI is InChI=1S/C7H15N2/c1-2-3-4-5-6-7(8)9/h1-6H2,(H3,8,9). The first-order valence-corrected chi connectivity index (χ1v) is 3.39. The van der Waals surface area contributed by atoms with Gasteiger partial charge >= 0.3 is 0 Å². The van der Waals surface area contributed by atoms with E-state index in [-0.39, 0.29) is 0 Å². The first-order chi connectivity index (χ1) is 4.27. The largest absolute Gasteiger partial charge is 0.388 e. The second kappa shape index (κ2) is 5.60. The molecule has 0 saturated heterocycles. The summed E-state index contributed by atoms with van der Waals surface area (Å²) in [7, 11) is 0. The number of amidine groups is 1. The van der Waals surface area contributed by atoms with Crippen LogP contribution in [0.2, 0.25) is 0 Å². The monoisotopic (exact) mass is 127 g/mol. The van der Waals surface area contributed by atoms with Crippen LogP contribution in [0.1, 0.15) is 32.1 Å². The molecule has 0 spiro atoms. The van der Waals surface area contributed by atoms with Gasteiger partial charge in [0.2, 0.25) is 0 Å². The SMILES string of the molecule is [CH2]CCCCCC(=N)N. The Morgan fingerprint density at radius 2 is 2.00 bits per heavy atom. The molecule has 0 unspecified atom stereocenters. The molecular formula is C7H15N2. The summed E-state index contributed by atoms with van der Waals surface area (Å²) in [4.78, 5) is 0. The smallest absolute Gasteiger partial charge is 0.0905 e. The van der Waals surface area contributed by atoms with Crippen LogP contribution in [-0.2, 0) is 0 Å². The lowest BCUT2D eigenvalue weighted by molar-refractivity contribution is 0.702. The van der Waals surface area contributed by atoms with E-state index in [1.165, 1.54) is 0 Å². The average Bonchev–Trinajstić information content (AvgIpc) is 1.80.